The molecule has 0 saturated carbocycles. The summed E-state index contributed by atoms with van der Waals surface area (Å²) in [7, 11) is 0. The van der Waals surface area contributed by atoms with E-state index < -0.39 is 30.2 Å². The molecule has 2 aliphatic heterocycles. The predicted molar refractivity (Wildman–Crippen MR) is 47.9 cm³/mol. The first-order valence-electron chi connectivity index (χ1n) is 5.03. The molecule has 0 aromatic carbocycles. The van der Waals surface area contributed by atoms with Crippen LogP contribution in [-0.2, 0) is 9.47 Å². The summed E-state index contributed by atoms with van der Waals surface area (Å²) in [6, 6.07) is 0. The monoisotopic (exact) mass is 220 g/mol. The molecule has 15 heavy (non-hydrogen) atoms. The molecule has 2 fully saturated rings. The summed E-state index contributed by atoms with van der Waals surface area (Å²) < 4.78 is 10.6. The van der Waals surface area contributed by atoms with Crippen LogP contribution >= 0.6 is 0 Å². The van der Waals surface area contributed by atoms with E-state index in [1.54, 1.807) is 0 Å². The van der Waals surface area contributed by atoms with Gasteiger partial charge in [-0.05, 0) is 0 Å². The van der Waals surface area contributed by atoms with E-state index in [1.165, 1.54) is 0 Å². The van der Waals surface area contributed by atoms with Crippen molar-refractivity contribution < 1.29 is 29.9 Å². The highest BCUT2D eigenvalue weighted by Crippen LogP contribution is 2.34. The summed E-state index contributed by atoms with van der Waals surface area (Å²) >= 11 is 0. The first kappa shape index (κ1) is 11.3. The molecule has 2 rings (SSSR count). The van der Waals surface area contributed by atoms with Crippen molar-refractivity contribution in [1.82, 2.24) is 0 Å². The summed E-state index contributed by atoms with van der Waals surface area (Å²) in [6.45, 7) is -0.0477. The fourth-order valence-electron chi connectivity index (χ4n) is 1.97. The molecule has 0 unspecified atom stereocenters. The van der Waals surface area contributed by atoms with E-state index in [9.17, 15) is 20.4 Å². The highest BCUT2D eigenvalue weighted by molar-refractivity contribution is 4.90. The van der Waals surface area contributed by atoms with Crippen LogP contribution < -0.4 is 0 Å². The Hall–Kier alpha value is -0.240. The Morgan fingerprint density at radius 1 is 0.733 bits per heavy atom. The largest absolute Gasteiger partial charge is 0.390 e. The van der Waals surface area contributed by atoms with Gasteiger partial charge in [0, 0.05) is 12.8 Å². The Balaban J connectivity index is 2.02. The van der Waals surface area contributed by atoms with Gasteiger partial charge in [-0.3, -0.25) is 0 Å². The lowest BCUT2D eigenvalue weighted by atomic mass is 9.92. The van der Waals surface area contributed by atoms with Crippen molar-refractivity contribution in [1.29, 1.82) is 0 Å². The number of rotatable bonds is 0. The van der Waals surface area contributed by atoms with Gasteiger partial charge in [-0.15, -0.1) is 0 Å². The molecule has 0 amide bonds. The molecule has 1 spiro atoms. The highest BCUT2D eigenvalue weighted by atomic mass is 16.7. The van der Waals surface area contributed by atoms with Crippen molar-refractivity contribution in [2.75, 3.05) is 13.2 Å². The zero-order valence-corrected chi connectivity index (χ0v) is 8.24. The van der Waals surface area contributed by atoms with Crippen LogP contribution in [0, 0.1) is 0 Å². The van der Waals surface area contributed by atoms with E-state index in [-0.39, 0.29) is 26.1 Å². The molecule has 0 radical (unpaired) electrons. The van der Waals surface area contributed by atoms with Gasteiger partial charge < -0.3 is 29.9 Å². The van der Waals surface area contributed by atoms with Crippen molar-refractivity contribution in [2.24, 2.45) is 0 Å². The molecule has 6 heteroatoms. The predicted octanol–water partition coefficient (Wildman–Crippen LogP) is -2.03. The molecule has 0 aliphatic carbocycles. The number of aliphatic hydroxyl groups is 4. The number of aliphatic hydroxyl groups excluding tert-OH is 4. The van der Waals surface area contributed by atoms with Gasteiger partial charge in [0.1, 0.15) is 12.2 Å². The molecule has 0 aromatic heterocycles. The zero-order valence-electron chi connectivity index (χ0n) is 8.24. The number of hydrogen-bond donors (Lipinski definition) is 4. The quantitative estimate of drug-likeness (QED) is 0.375. The molecular weight excluding hydrogens is 204 g/mol. The van der Waals surface area contributed by atoms with Crippen molar-refractivity contribution >= 4 is 0 Å². The van der Waals surface area contributed by atoms with Crippen LogP contribution in [0.4, 0.5) is 0 Å². The average molecular weight is 220 g/mol. The molecule has 4 N–H and O–H groups in total. The van der Waals surface area contributed by atoms with Crippen LogP contribution in [-0.4, -0.2) is 63.8 Å². The minimum absolute atomic E-state index is 0.0238. The van der Waals surface area contributed by atoms with Crippen LogP contribution in [0.25, 0.3) is 0 Å². The van der Waals surface area contributed by atoms with Crippen molar-refractivity contribution in [3.63, 3.8) is 0 Å². The standard InChI is InChI=1S/C9H16O6/c10-5-1-9(14-3-7(5)12)2-6(11)8(13)4-15-9/h5-8,10-13H,1-4H2/t5-,6-,7+,8+,9?/m0/s1. The maximum absolute atomic E-state index is 9.49. The SMILES string of the molecule is O[C@@H]1COC2(C[C@@H]1O)C[C@H](O)[C@H](O)CO2. The van der Waals surface area contributed by atoms with Gasteiger partial charge in [0.15, 0.2) is 5.79 Å². The van der Waals surface area contributed by atoms with Gasteiger partial charge in [0.05, 0.1) is 25.4 Å². The normalized spacial score (nSPS) is 52.0. The third-order valence-corrected chi connectivity index (χ3v) is 2.96. The summed E-state index contributed by atoms with van der Waals surface area (Å²) in [5, 5.41) is 37.5. The lowest BCUT2D eigenvalue weighted by molar-refractivity contribution is -0.329. The van der Waals surface area contributed by atoms with Crippen molar-refractivity contribution in [2.45, 2.75) is 43.0 Å². The second kappa shape index (κ2) is 3.97. The van der Waals surface area contributed by atoms with Crippen LogP contribution in [0.1, 0.15) is 12.8 Å². The van der Waals surface area contributed by atoms with Crippen molar-refractivity contribution in [3.05, 3.63) is 0 Å². The van der Waals surface area contributed by atoms with Gasteiger partial charge >= 0.3 is 0 Å². The second-order valence-electron chi connectivity index (χ2n) is 4.21. The molecule has 2 saturated heterocycles. The number of hydrogen-bond acceptors (Lipinski definition) is 6. The lowest BCUT2D eigenvalue weighted by Gasteiger charge is -2.45. The van der Waals surface area contributed by atoms with Crippen LogP contribution in [0.5, 0.6) is 0 Å². The molecule has 88 valence electrons. The minimum atomic E-state index is -1.06. The van der Waals surface area contributed by atoms with Crippen LogP contribution in [0.2, 0.25) is 0 Å². The average Bonchev–Trinajstić information content (AvgIpc) is 2.19. The van der Waals surface area contributed by atoms with Crippen molar-refractivity contribution in [3.8, 4) is 0 Å². The summed E-state index contributed by atoms with van der Waals surface area (Å²) in [6.07, 6.45) is -3.44. The fraction of sp³-hybridized carbons (Fsp3) is 1.00. The summed E-state index contributed by atoms with van der Waals surface area (Å²) in [5.41, 5.74) is 0. The van der Waals surface area contributed by atoms with Gasteiger partial charge in [0.25, 0.3) is 0 Å². The molecular formula is C9H16O6. The van der Waals surface area contributed by atoms with E-state index in [0.29, 0.717) is 0 Å². The van der Waals surface area contributed by atoms with E-state index in [0.717, 1.165) is 0 Å². The lowest BCUT2D eigenvalue weighted by Crippen LogP contribution is -2.57. The molecule has 4 atom stereocenters. The Labute approximate surface area is 87.1 Å². The van der Waals surface area contributed by atoms with E-state index in [4.69, 9.17) is 9.47 Å². The maximum Gasteiger partial charge on any atom is 0.173 e. The van der Waals surface area contributed by atoms with E-state index >= 15 is 0 Å². The highest BCUT2D eigenvalue weighted by Gasteiger charge is 2.47. The van der Waals surface area contributed by atoms with Gasteiger partial charge in [0.2, 0.25) is 0 Å². The number of ether oxygens (including phenoxy) is 2. The second-order valence-corrected chi connectivity index (χ2v) is 4.21. The van der Waals surface area contributed by atoms with Crippen LogP contribution in [0.3, 0.4) is 0 Å². The minimum Gasteiger partial charge on any atom is -0.390 e. The summed E-state index contributed by atoms with van der Waals surface area (Å²) in [4.78, 5) is 0. The van der Waals surface area contributed by atoms with Gasteiger partial charge in [-0.1, -0.05) is 0 Å². The Kier molecular flexibility index (Phi) is 2.98. The van der Waals surface area contributed by atoms with E-state index in [2.05, 4.69) is 0 Å². The Morgan fingerprint density at radius 2 is 1.13 bits per heavy atom. The van der Waals surface area contributed by atoms with Crippen LogP contribution in [0.15, 0.2) is 0 Å². The van der Waals surface area contributed by atoms with Gasteiger partial charge in [-0.25, -0.2) is 0 Å². The molecule has 0 bridgehead atoms. The maximum atomic E-state index is 9.49. The first-order chi connectivity index (χ1) is 7.02. The summed E-state index contributed by atoms with van der Waals surface area (Å²) in [5.74, 6) is -1.06. The first-order valence-corrected chi connectivity index (χ1v) is 5.03. The molecule has 0 aromatic rings. The topological polar surface area (TPSA) is 99.4 Å². The Morgan fingerprint density at radius 3 is 1.47 bits per heavy atom. The van der Waals surface area contributed by atoms with E-state index in [1.807, 2.05) is 0 Å². The van der Waals surface area contributed by atoms with Gasteiger partial charge in [-0.2, -0.15) is 0 Å². The molecule has 6 nitrogen and oxygen atoms in total. The fourth-order valence-corrected chi connectivity index (χ4v) is 1.97. The molecule has 2 aliphatic rings. The smallest absolute Gasteiger partial charge is 0.173 e. The third kappa shape index (κ3) is 2.15. The third-order valence-electron chi connectivity index (χ3n) is 2.96. The zero-order chi connectivity index (χ0) is 11.1. The Bertz CT molecular complexity index is 209. The molecule has 2 heterocycles.